The van der Waals surface area contributed by atoms with E-state index >= 15 is 0 Å². The Labute approximate surface area is 360 Å². The van der Waals surface area contributed by atoms with Crippen LogP contribution in [0.1, 0.15) is 5.56 Å². The number of furan rings is 1. The van der Waals surface area contributed by atoms with Crippen molar-refractivity contribution in [1.29, 1.82) is 5.26 Å². The maximum atomic E-state index is 9.64. The van der Waals surface area contributed by atoms with Crippen LogP contribution in [0.25, 0.3) is 122 Å². The van der Waals surface area contributed by atoms with E-state index in [9.17, 15) is 5.26 Å². The van der Waals surface area contributed by atoms with E-state index in [1.807, 2.05) is 36.4 Å². The molecule has 0 spiro atoms. The van der Waals surface area contributed by atoms with Gasteiger partial charge in [-0.15, -0.1) is 0 Å². The first kappa shape index (κ1) is 35.0. The van der Waals surface area contributed by atoms with Crippen LogP contribution in [0, 0.1) is 11.3 Å². The second-order valence-corrected chi connectivity index (χ2v) is 16.1. The Kier molecular flexibility index (Phi) is 7.57. The second kappa shape index (κ2) is 13.6. The van der Waals surface area contributed by atoms with Crippen LogP contribution < -0.4 is 0 Å². The number of fused-ring (bicyclic) bond motifs is 10. The van der Waals surface area contributed by atoms with E-state index < -0.39 is 0 Å². The lowest BCUT2D eigenvalue weighted by Gasteiger charge is -2.11. The molecule has 0 amide bonds. The van der Waals surface area contributed by atoms with Gasteiger partial charge in [0, 0.05) is 49.4 Å². The van der Waals surface area contributed by atoms with E-state index in [1.165, 1.54) is 21.5 Å². The Morgan fingerprint density at radius 3 is 1.92 bits per heavy atom. The maximum Gasteiger partial charge on any atom is 0.180 e. The third kappa shape index (κ3) is 5.37. The van der Waals surface area contributed by atoms with Gasteiger partial charge >= 0.3 is 0 Å². The SMILES string of the molecule is N#Cc1cccc(-c2ccc3c(c2)oc2c(-c4cccc5c4c4ccccc4n5-c4ccccc4)nc(-c4ccc(-n5c6ccccc6c6cc7ccccc7cc65)cc4)nc23)c1. The fourth-order valence-corrected chi connectivity index (χ4v) is 9.67. The quantitative estimate of drug-likeness (QED) is 0.174. The Hall–Kier alpha value is -8.79. The lowest BCUT2D eigenvalue weighted by Crippen LogP contribution is -1.97. The van der Waals surface area contributed by atoms with Crippen molar-refractivity contribution in [3.8, 4) is 51.2 Å². The molecule has 0 saturated carbocycles. The minimum atomic E-state index is 0.606. The van der Waals surface area contributed by atoms with Gasteiger partial charge in [-0.3, -0.25) is 0 Å². The van der Waals surface area contributed by atoms with Gasteiger partial charge in [-0.25, -0.2) is 9.97 Å². The van der Waals surface area contributed by atoms with Crippen LogP contribution in [0.15, 0.2) is 205 Å². The van der Waals surface area contributed by atoms with Crippen LogP contribution in [0.3, 0.4) is 0 Å². The largest absolute Gasteiger partial charge is 0.452 e. The summed E-state index contributed by atoms with van der Waals surface area (Å²) in [7, 11) is 0. The molecule has 4 aromatic heterocycles. The molecular weight excluding hydrogens is 771 g/mol. The molecule has 0 N–H and O–H groups in total. The highest BCUT2D eigenvalue weighted by Gasteiger charge is 2.23. The zero-order chi connectivity index (χ0) is 41.6. The molecule has 0 radical (unpaired) electrons. The molecule has 0 bridgehead atoms. The summed E-state index contributed by atoms with van der Waals surface area (Å²) in [5, 5.41) is 17.6. The van der Waals surface area contributed by atoms with Crippen LogP contribution in [0.2, 0.25) is 0 Å². The third-order valence-corrected chi connectivity index (χ3v) is 12.5. The van der Waals surface area contributed by atoms with Crippen LogP contribution in [0.5, 0.6) is 0 Å². The summed E-state index contributed by atoms with van der Waals surface area (Å²) in [6.07, 6.45) is 0. The predicted octanol–water partition coefficient (Wildman–Crippen LogP) is 14.6. The van der Waals surface area contributed by atoms with Crippen molar-refractivity contribution in [3.05, 3.63) is 206 Å². The summed E-state index contributed by atoms with van der Waals surface area (Å²) in [6, 6.07) is 72.0. The van der Waals surface area contributed by atoms with Crippen LogP contribution in [0.4, 0.5) is 0 Å². The van der Waals surface area contributed by atoms with Gasteiger partial charge in [-0.05, 0) is 113 Å². The number of rotatable bonds is 5. The summed E-state index contributed by atoms with van der Waals surface area (Å²) in [4.78, 5) is 10.8. The number of aromatic nitrogens is 4. The zero-order valence-corrected chi connectivity index (χ0v) is 33.7. The zero-order valence-electron chi connectivity index (χ0n) is 33.7. The Balaban J connectivity index is 1.04. The third-order valence-electron chi connectivity index (χ3n) is 12.5. The van der Waals surface area contributed by atoms with Crippen LogP contribution in [-0.4, -0.2) is 19.1 Å². The van der Waals surface area contributed by atoms with Gasteiger partial charge in [0.15, 0.2) is 11.4 Å². The monoisotopic (exact) mass is 803 g/mol. The van der Waals surface area contributed by atoms with Crippen molar-refractivity contribution in [3.63, 3.8) is 0 Å². The Bertz CT molecular complexity index is 4040. The van der Waals surface area contributed by atoms with E-state index in [0.717, 1.165) is 83.1 Å². The first-order valence-corrected chi connectivity index (χ1v) is 21.0. The van der Waals surface area contributed by atoms with Gasteiger partial charge < -0.3 is 13.6 Å². The molecule has 63 heavy (non-hydrogen) atoms. The Morgan fingerprint density at radius 2 is 1.10 bits per heavy atom. The van der Waals surface area contributed by atoms with Gasteiger partial charge in [0.1, 0.15) is 16.8 Å². The van der Waals surface area contributed by atoms with Gasteiger partial charge in [-0.2, -0.15) is 5.26 Å². The molecule has 292 valence electrons. The molecule has 6 heteroatoms. The smallest absolute Gasteiger partial charge is 0.180 e. The second-order valence-electron chi connectivity index (χ2n) is 16.1. The lowest BCUT2D eigenvalue weighted by atomic mass is 10.0. The molecule has 0 saturated heterocycles. The van der Waals surface area contributed by atoms with E-state index in [1.54, 1.807) is 0 Å². The molecule has 6 nitrogen and oxygen atoms in total. The maximum absolute atomic E-state index is 9.64. The number of nitriles is 1. The molecule has 0 atom stereocenters. The number of nitrogens with zero attached hydrogens (tertiary/aromatic N) is 5. The first-order valence-electron chi connectivity index (χ1n) is 21.0. The normalized spacial score (nSPS) is 11.8. The van der Waals surface area contributed by atoms with Gasteiger partial charge in [-0.1, -0.05) is 109 Å². The number of para-hydroxylation sites is 3. The first-order chi connectivity index (χ1) is 31.2. The molecule has 4 heterocycles. The lowest BCUT2D eigenvalue weighted by molar-refractivity contribution is 0.667. The fraction of sp³-hybridized carbons (Fsp3) is 0. The molecule has 13 aromatic rings. The highest BCUT2D eigenvalue weighted by atomic mass is 16.3. The molecule has 0 aliphatic rings. The molecule has 13 rings (SSSR count). The van der Waals surface area contributed by atoms with Crippen molar-refractivity contribution in [2.75, 3.05) is 0 Å². The van der Waals surface area contributed by atoms with Crippen LogP contribution >= 0.6 is 0 Å². The predicted molar refractivity (Wildman–Crippen MR) is 257 cm³/mol. The molecule has 0 aliphatic heterocycles. The standard InChI is InChI=1S/C57H33N5O/c58-34-35-12-10-15-37(30-35)40-26-29-45-52(33-40)63-56-54(45)59-57(60-55(56)46-20-11-23-50-53(46)44-19-7-9-22-49(44)61(50)41-16-2-1-3-17-41)36-24-27-42(28-25-36)62-48-21-8-6-18-43(48)47-31-38-13-4-5-14-39(38)32-51(47)62/h1-33H. The summed E-state index contributed by atoms with van der Waals surface area (Å²) >= 11 is 0. The van der Waals surface area contributed by atoms with Crippen molar-refractivity contribution >= 4 is 76.5 Å². The molecule has 0 aliphatic carbocycles. The minimum absolute atomic E-state index is 0.606. The summed E-state index contributed by atoms with van der Waals surface area (Å²) in [5.74, 6) is 0.606. The number of hydrogen-bond donors (Lipinski definition) is 0. The average molecular weight is 804 g/mol. The van der Waals surface area contributed by atoms with Crippen LogP contribution in [-0.2, 0) is 0 Å². The highest BCUT2D eigenvalue weighted by Crippen LogP contribution is 2.43. The van der Waals surface area contributed by atoms with Crippen molar-refractivity contribution in [1.82, 2.24) is 19.1 Å². The van der Waals surface area contributed by atoms with Gasteiger partial charge in [0.2, 0.25) is 0 Å². The molecular formula is C57H33N5O. The van der Waals surface area contributed by atoms with Crippen molar-refractivity contribution in [2.45, 2.75) is 0 Å². The highest BCUT2D eigenvalue weighted by molar-refractivity contribution is 6.19. The average Bonchev–Trinajstić information content (AvgIpc) is 4.00. The van der Waals surface area contributed by atoms with E-state index in [0.29, 0.717) is 22.6 Å². The van der Waals surface area contributed by atoms with Crippen molar-refractivity contribution in [2.24, 2.45) is 0 Å². The minimum Gasteiger partial charge on any atom is -0.452 e. The van der Waals surface area contributed by atoms with Gasteiger partial charge in [0.05, 0.1) is 33.7 Å². The summed E-state index contributed by atoms with van der Waals surface area (Å²) in [6.45, 7) is 0. The molecule has 0 unspecified atom stereocenters. The number of benzene rings is 9. The van der Waals surface area contributed by atoms with Crippen molar-refractivity contribution < 1.29 is 4.42 Å². The summed E-state index contributed by atoms with van der Waals surface area (Å²) in [5.41, 5.74) is 13.8. The van der Waals surface area contributed by atoms with E-state index in [4.69, 9.17) is 14.4 Å². The fourth-order valence-electron chi connectivity index (χ4n) is 9.67. The topological polar surface area (TPSA) is 72.6 Å². The number of hydrogen-bond acceptors (Lipinski definition) is 4. The van der Waals surface area contributed by atoms with E-state index in [2.05, 4.69) is 179 Å². The summed E-state index contributed by atoms with van der Waals surface area (Å²) < 4.78 is 11.6. The Morgan fingerprint density at radius 1 is 0.444 bits per heavy atom. The molecule has 9 aromatic carbocycles. The van der Waals surface area contributed by atoms with E-state index in [-0.39, 0.29) is 0 Å². The van der Waals surface area contributed by atoms with Gasteiger partial charge in [0.25, 0.3) is 0 Å². The molecule has 0 fully saturated rings.